The molecule has 0 saturated carbocycles. The molecule has 0 aromatic heterocycles. The molecule has 0 aromatic rings. The van der Waals surface area contributed by atoms with Crippen molar-refractivity contribution >= 4 is 44.9 Å². The predicted molar refractivity (Wildman–Crippen MR) is 106 cm³/mol. The van der Waals surface area contributed by atoms with E-state index < -0.39 is 38.4 Å². The van der Waals surface area contributed by atoms with E-state index >= 15 is 0 Å². The Morgan fingerprint density at radius 1 is 0.708 bits per heavy atom. The van der Waals surface area contributed by atoms with Gasteiger partial charge >= 0.3 is 161 Å². The zero-order valence-electron chi connectivity index (χ0n) is 16.7. The molecule has 0 atom stereocenters. The molecule has 0 unspecified atom stereocenters. The summed E-state index contributed by atoms with van der Waals surface area (Å²) in [6, 6.07) is 0. The van der Waals surface area contributed by atoms with Crippen LogP contribution in [0.25, 0.3) is 0 Å². The summed E-state index contributed by atoms with van der Waals surface area (Å²) in [4.78, 5) is 11.3. The molecule has 6 heteroatoms. The fraction of sp³-hybridized carbons (Fsp3) is 0.944. The van der Waals surface area contributed by atoms with Gasteiger partial charge in [0.25, 0.3) is 0 Å². The van der Waals surface area contributed by atoms with Crippen molar-refractivity contribution in [3.05, 3.63) is 0 Å². The number of unbranched alkanes of at least 4 members (excludes halogenated alkanes) is 4. The van der Waals surface area contributed by atoms with Crippen molar-refractivity contribution in [3.8, 4) is 0 Å². The number of carbonyl (C=O) groups is 1. The molecule has 0 aromatic carbocycles. The molecular weight excluding hydrogens is 518 g/mol. The monoisotopic (exact) mass is 560 g/mol. The summed E-state index contributed by atoms with van der Waals surface area (Å²) in [5.74, 6) is 0. The fourth-order valence-electron chi connectivity index (χ4n) is 3.05. The Hall–Kier alpha value is 0.987. The van der Waals surface area contributed by atoms with E-state index in [1.165, 1.54) is 12.8 Å². The summed E-state index contributed by atoms with van der Waals surface area (Å²) >= 11 is -6.53. The molecule has 4 nitrogen and oxygen atoms in total. The first kappa shape index (κ1) is 25.0. The summed E-state index contributed by atoms with van der Waals surface area (Å²) in [6.45, 7) is 9.50. The van der Waals surface area contributed by atoms with Crippen molar-refractivity contribution in [3.63, 3.8) is 0 Å². The maximum absolute atomic E-state index is 11.3. The average molecular weight is 558 g/mol. The molecule has 0 heterocycles. The molecular formula is C18H40O4Sn2. The van der Waals surface area contributed by atoms with Gasteiger partial charge in [0.05, 0.1) is 0 Å². The second kappa shape index (κ2) is 15.1. The van der Waals surface area contributed by atoms with Gasteiger partial charge in [0.1, 0.15) is 0 Å². The van der Waals surface area contributed by atoms with E-state index in [0.717, 1.165) is 56.3 Å². The summed E-state index contributed by atoms with van der Waals surface area (Å²) in [6.07, 6.45) is 9.10. The van der Waals surface area contributed by atoms with Gasteiger partial charge in [0, 0.05) is 0 Å². The second-order valence-electron chi connectivity index (χ2n) is 6.76. The van der Waals surface area contributed by atoms with E-state index in [2.05, 4.69) is 27.7 Å². The van der Waals surface area contributed by atoms with Crippen LogP contribution < -0.4 is 0 Å². The van der Waals surface area contributed by atoms with Gasteiger partial charge in [-0.15, -0.1) is 0 Å². The Balaban J connectivity index is 5.42. The molecule has 0 fully saturated rings. The van der Waals surface area contributed by atoms with Crippen molar-refractivity contribution in [2.75, 3.05) is 7.11 Å². The van der Waals surface area contributed by atoms with Crippen molar-refractivity contribution in [1.29, 1.82) is 0 Å². The minimum absolute atomic E-state index is 0.674. The number of rotatable bonds is 17. The zero-order valence-corrected chi connectivity index (χ0v) is 22.4. The molecule has 0 spiro atoms. The summed E-state index contributed by atoms with van der Waals surface area (Å²) < 4.78 is 23.1. The van der Waals surface area contributed by atoms with Crippen molar-refractivity contribution in [1.82, 2.24) is 0 Å². The predicted octanol–water partition coefficient (Wildman–Crippen LogP) is 5.91. The molecule has 0 aliphatic heterocycles. The number of hydrogen-bond acceptors (Lipinski definition) is 4. The first-order valence-electron chi connectivity index (χ1n) is 9.94. The SMILES string of the molecule is CCC[CH2][Sn]([CH2]CCC)([O]C)[O][Sn]([CH2]CCC)([CH2]CCC)[O]C=O. The first-order valence-corrected chi connectivity index (χ1v) is 22.7. The van der Waals surface area contributed by atoms with Crippen LogP contribution in [0.1, 0.15) is 79.1 Å². The van der Waals surface area contributed by atoms with Crippen LogP contribution in [0.3, 0.4) is 0 Å². The summed E-state index contributed by atoms with van der Waals surface area (Å²) in [5, 5.41) is 0. The molecule has 0 rings (SSSR count). The standard InChI is InChI=1S/4C4H9.CH2O2.CH3O.O.2Sn/c4*1-3-4-2;2-1-3;1-2;;;/h4*1,3-4H2,2H3;1H,(H,2,3);1H3;;;/q;;;;;-1;;2*+1/p-1. The molecule has 0 aliphatic carbocycles. The zero-order chi connectivity index (χ0) is 18.3. The van der Waals surface area contributed by atoms with E-state index in [0.29, 0.717) is 6.47 Å². The van der Waals surface area contributed by atoms with Gasteiger partial charge in [-0.3, -0.25) is 0 Å². The van der Waals surface area contributed by atoms with E-state index in [4.69, 9.17) is 7.56 Å². The normalized spacial score (nSPS) is 12.4. The number of carbonyl (C=O) groups excluding carboxylic acids is 1. The molecule has 144 valence electrons. The van der Waals surface area contributed by atoms with Gasteiger partial charge in [-0.1, -0.05) is 0 Å². The second-order valence-corrected chi connectivity index (χ2v) is 29.2. The Labute approximate surface area is 160 Å². The first-order chi connectivity index (χ1) is 11.6. The molecule has 0 N–H and O–H groups in total. The maximum atomic E-state index is 11.3. The third kappa shape index (κ3) is 9.62. The van der Waals surface area contributed by atoms with Crippen LogP contribution in [-0.4, -0.2) is 52.0 Å². The molecule has 24 heavy (non-hydrogen) atoms. The van der Waals surface area contributed by atoms with Gasteiger partial charge in [-0.25, -0.2) is 0 Å². The molecule has 0 saturated heterocycles. The van der Waals surface area contributed by atoms with Gasteiger partial charge in [-0.05, 0) is 0 Å². The van der Waals surface area contributed by atoms with Gasteiger partial charge in [0.2, 0.25) is 0 Å². The van der Waals surface area contributed by atoms with Crippen molar-refractivity contribution in [2.45, 2.75) is 96.8 Å². The molecule has 0 aliphatic rings. The van der Waals surface area contributed by atoms with E-state index in [1.54, 1.807) is 0 Å². The minimum atomic E-state index is -3.38. The van der Waals surface area contributed by atoms with Crippen LogP contribution in [0, 0.1) is 0 Å². The third-order valence-corrected chi connectivity index (χ3v) is 37.4. The Bertz CT molecular complexity index is 297. The van der Waals surface area contributed by atoms with Crippen molar-refractivity contribution < 1.29 is 12.4 Å². The van der Waals surface area contributed by atoms with E-state index in [-0.39, 0.29) is 0 Å². The Morgan fingerprint density at radius 3 is 1.38 bits per heavy atom. The van der Waals surface area contributed by atoms with Crippen LogP contribution in [0.5, 0.6) is 0 Å². The van der Waals surface area contributed by atoms with Gasteiger partial charge in [-0.2, -0.15) is 0 Å². The topological polar surface area (TPSA) is 44.8 Å². The fourth-order valence-corrected chi connectivity index (χ4v) is 43.8. The summed E-state index contributed by atoms with van der Waals surface area (Å²) in [7, 11) is 1.85. The van der Waals surface area contributed by atoms with Crippen LogP contribution in [0.15, 0.2) is 0 Å². The van der Waals surface area contributed by atoms with Crippen molar-refractivity contribution in [2.24, 2.45) is 0 Å². The van der Waals surface area contributed by atoms with Gasteiger partial charge in [0.15, 0.2) is 0 Å². The number of hydrogen-bond donors (Lipinski definition) is 0. The molecule has 0 amide bonds. The quantitative estimate of drug-likeness (QED) is 0.165. The average Bonchev–Trinajstić information content (AvgIpc) is 2.61. The van der Waals surface area contributed by atoms with Gasteiger partial charge < -0.3 is 0 Å². The van der Waals surface area contributed by atoms with Crippen LogP contribution in [-0.2, 0) is 12.4 Å². The molecule has 0 bridgehead atoms. The Morgan fingerprint density at radius 2 is 1.08 bits per heavy atom. The Kier molecular flexibility index (Phi) is 15.7. The van der Waals surface area contributed by atoms with E-state index in [1.807, 2.05) is 7.11 Å². The van der Waals surface area contributed by atoms with E-state index in [9.17, 15) is 4.79 Å². The summed E-state index contributed by atoms with van der Waals surface area (Å²) in [5.41, 5.74) is 0. The molecule has 0 radical (unpaired) electrons. The van der Waals surface area contributed by atoms with Crippen LogP contribution >= 0.6 is 0 Å². The van der Waals surface area contributed by atoms with Crippen LogP contribution in [0.4, 0.5) is 0 Å². The third-order valence-electron chi connectivity index (χ3n) is 4.65. The van der Waals surface area contributed by atoms with Crippen LogP contribution in [0.2, 0.25) is 17.7 Å².